The number of aromatic nitrogens is 2. The van der Waals surface area contributed by atoms with Gasteiger partial charge in [-0.05, 0) is 24.3 Å². The molecule has 1 aliphatic rings. The number of hydrogen-bond acceptors (Lipinski definition) is 5. The van der Waals surface area contributed by atoms with Crippen molar-refractivity contribution in [2.24, 2.45) is 5.92 Å². The van der Waals surface area contributed by atoms with Crippen molar-refractivity contribution in [2.75, 3.05) is 5.32 Å². The molecule has 2 aromatic heterocycles. The summed E-state index contributed by atoms with van der Waals surface area (Å²) < 4.78 is 5.62. The lowest BCUT2D eigenvalue weighted by Gasteiger charge is -2.02. The first-order valence-electron chi connectivity index (χ1n) is 6.37. The van der Waals surface area contributed by atoms with Gasteiger partial charge >= 0.3 is 0 Å². The molecular formula is C13H15N3O2S. The van der Waals surface area contributed by atoms with Crippen LogP contribution in [0.25, 0.3) is 10.8 Å². The number of amides is 1. The quantitative estimate of drug-likeness (QED) is 0.931. The Balaban J connectivity index is 1.83. The molecule has 1 aliphatic carbocycles. The zero-order valence-electron chi connectivity index (χ0n) is 10.8. The first-order valence-corrected chi connectivity index (χ1v) is 7.25. The van der Waals surface area contributed by atoms with Crippen LogP contribution in [0, 0.1) is 5.92 Å². The van der Waals surface area contributed by atoms with E-state index >= 15 is 0 Å². The van der Waals surface area contributed by atoms with E-state index in [0.717, 1.165) is 23.4 Å². The summed E-state index contributed by atoms with van der Waals surface area (Å²) in [6, 6.07) is 1.87. The second kappa shape index (κ2) is 4.77. The minimum Gasteiger partial charge on any atom is -0.420 e. The standard InChI is InChI=1S/C13H15N3O2S/c1-7(2)12-15-16-13(18-12)10-9(5-6-19-10)14-11(17)8-3-4-8/h5-8H,3-4H2,1-2H3,(H,14,17). The van der Waals surface area contributed by atoms with Crippen LogP contribution in [-0.4, -0.2) is 16.1 Å². The molecule has 0 atom stereocenters. The van der Waals surface area contributed by atoms with Crippen LogP contribution in [-0.2, 0) is 4.79 Å². The summed E-state index contributed by atoms with van der Waals surface area (Å²) in [5.74, 6) is 1.56. The number of carbonyl (C=O) groups excluding carboxylic acids is 1. The monoisotopic (exact) mass is 277 g/mol. The van der Waals surface area contributed by atoms with Crippen LogP contribution < -0.4 is 5.32 Å². The molecule has 2 aromatic rings. The summed E-state index contributed by atoms with van der Waals surface area (Å²) in [4.78, 5) is 12.6. The lowest BCUT2D eigenvalue weighted by Crippen LogP contribution is -2.13. The molecule has 19 heavy (non-hydrogen) atoms. The summed E-state index contributed by atoms with van der Waals surface area (Å²) in [5, 5.41) is 12.9. The Morgan fingerprint density at radius 2 is 2.26 bits per heavy atom. The van der Waals surface area contributed by atoms with Gasteiger partial charge in [-0.3, -0.25) is 4.79 Å². The third kappa shape index (κ3) is 2.53. The molecule has 0 aliphatic heterocycles. The minimum atomic E-state index is 0.0863. The van der Waals surface area contributed by atoms with E-state index in [-0.39, 0.29) is 17.7 Å². The fourth-order valence-corrected chi connectivity index (χ4v) is 2.48. The van der Waals surface area contributed by atoms with Crippen molar-refractivity contribution in [3.8, 4) is 10.8 Å². The van der Waals surface area contributed by atoms with E-state index in [1.807, 2.05) is 25.3 Å². The van der Waals surface area contributed by atoms with Gasteiger partial charge in [-0.2, -0.15) is 0 Å². The molecule has 0 spiro atoms. The van der Waals surface area contributed by atoms with E-state index in [1.165, 1.54) is 11.3 Å². The van der Waals surface area contributed by atoms with Gasteiger partial charge < -0.3 is 9.73 Å². The third-order valence-electron chi connectivity index (χ3n) is 3.00. The van der Waals surface area contributed by atoms with Gasteiger partial charge in [0, 0.05) is 11.8 Å². The van der Waals surface area contributed by atoms with Gasteiger partial charge in [-0.15, -0.1) is 21.5 Å². The number of hydrogen-bond donors (Lipinski definition) is 1. The van der Waals surface area contributed by atoms with Crippen molar-refractivity contribution in [1.29, 1.82) is 0 Å². The Labute approximate surface area is 115 Å². The first-order chi connectivity index (χ1) is 9.15. The Morgan fingerprint density at radius 3 is 2.89 bits per heavy atom. The summed E-state index contributed by atoms with van der Waals surface area (Å²) >= 11 is 1.49. The second-order valence-corrected chi connectivity index (χ2v) is 5.94. The largest absolute Gasteiger partial charge is 0.420 e. The van der Waals surface area contributed by atoms with Crippen LogP contribution in [0.4, 0.5) is 5.69 Å². The predicted molar refractivity (Wildman–Crippen MR) is 73.1 cm³/mol. The van der Waals surface area contributed by atoms with Crippen molar-refractivity contribution in [1.82, 2.24) is 10.2 Å². The molecule has 0 saturated heterocycles. The van der Waals surface area contributed by atoms with Gasteiger partial charge in [-0.25, -0.2) is 0 Å². The molecule has 6 heteroatoms. The van der Waals surface area contributed by atoms with E-state index in [9.17, 15) is 4.79 Å². The number of thiophene rings is 1. The van der Waals surface area contributed by atoms with E-state index in [0.29, 0.717) is 11.8 Å². The van der Waals surface area contributed by atoms with Crippen LogP contribution in [0.15, 0.2) is 15.9 Å². The Morgan fingerprint density at radius 1 is 1.47 bits per heavy atom. The molecule has 5 nitrogen and oxygen atoms in total. The van der Waals surface area contributed by atoms with Gasteiger partial charge in [0.25, 0.3) is 5.89 Å². The highest BCUT2D eigenvalue weighted by molar-refractivity contribution is 7.14. The molecule has 0 bridgehead atoms. The van der Waals surface area contributed by atoms with Crippen molar-refractivity contribution < 1.29 is 9.21 Å². The van der Waals surface area contributed by atoms with Gasteiger partial charge in [0.05, 0.1) is 5.69 Å². The fraction of sp³-hybridized carbons (Fsp3) is 0.462. The maximum absolute atomic E-state index is 11.8. The summed E-state index contributed by atoms with van der Waals surface area (Å²) in [6.07, 6.45) is 1.98. The lowest BCUT2D eigenvalue weighted by molar-refractivity contribution is -0.117. The van der Waals surface area contributed by atoms with Gasteiger partial charge in [-0.1, -0.05) is 13.8 Å². The van der Waals surface area contributed by atoms with E-state index in [4.69, 9.17) is 4.42 Å². The molecule has 3 rings (SSSR count). The third-order valence-corrected chi connectivity index (χ3v) is 3.90. The highest BCUT2D eigenvalue weighted by Crippen LogP contribution is 2.36. The minimum absolute atomic E-state index is 0.0863. The molecule has 1 saturated carbocycles. The van der Waals surface area contributed by atoms with Gasteiger partial charge in [0.15, 0.2) is 0 Å². The smallest absolute Gasteiger partial charge is 0.259 e. The molecule has 0 unspecified atom stereocenters. The number of nitrogens with one attached hydrogen (secondary N) is 1. The SMILES string of the molecule is CC(C)c1nnc(-c2sccc2NC(=O)C2CC2)o1. The predicted octanol–water partition coefficient (Wildman–Crippen LogP) is 3.27. The van der Waals surface area contributed by atoms with E-state index in [1.54, 1.807) is 0 Å². The molecule has 100 valence electrons. The van der Waals surface area contributed by atoms with Crippen LogP contribution in [0.3, 0.4) is 0 Å². The summed E-state index contributed by atoms with van der Waals surface area (Å²) in [5.41, 5.74) is 0.765. The second-order valence-electron chi connectivity index (χ2n) is 5.03. The van der Waals surface area contributed by atoms with Crippen LogP contribution in [0.5, 0.6) is 0 Å². The molecule has 0 aromatic carbocycles. The molecule has 1 amide bonds. The highest BCUT2D eigenvalue weighted by atomic mass is 32.1. The Hall–Kier alpha value is -1.69. The van der Waals surface area contributed by atoms with Crippen molar-refractivity contribution in [2.45, 2.75) is 32.6 Å². The zero-order chi connectivity index (χ0) is 13.4. The zero-order valence-corrected chi connectivity index (χ0v) is 11.7. The maximum Gasteiger partial charge on any atom is 0.259 e. The van der Waals surface area contributed by atoms with E-state index < -0.39 is 0 Å². The Kier molecular flexibility index (Phi) is 3.10. The Bertz CT molecular complexity index is 599. The van der Waals surface area contributed by atoms with Crippen molar-refractivity contribution >= 4 is 22.9 Å². The van der Waals surface area contributed by atoms with Gasteiger partial charge in [0.2, 0.25) is 11.8 Å². The van der Waals surface area contributed by atoms with Crippen LogP contribution >= 0.6 is 11.3 Å². The first kappa shape index (κ1) is 12.3. The molecule has 2 heterocycles. The average molecular weight is 277 g/mol. The van der Waals surface area contributed by atoms with Crippen LogP contribution in [0.2, 0.25) is 0 Å². The summed E-state index contributed by atoms with van der Waals surface area (Å²) in [7, 11) is 0. The number of anilines is 1. The number of carbonyl (C=O) groups is 1. The van der Waals surface area contributed by atoms with Crippen molar-refractivity contribution in [3.63, 3.8) is 0 Å². The van der Waals surface area contributed by atoms with E-state index in [2.05, 4.69) is 15.5 Å². The molecule has 1 N–H and O–H groups in total. The highest BCUT2D eigenvalue weighted by Gasteiger charge is 2.30. The number of nitrogens with zero attached hydrogens (tertiary/aromatic N) is 2. The molecular weight excluding hydrogens is 262 g/mol. The normalized spacial score (nSPS) is 14.9. The molecule has 1 fully saturated rings. The molecule has 0 radical (unpaired) electrons. The average Bonchev–Trinajstić information content (AvgIpc) is 2.94. The number of rotatable bonds is 4. The van der Waals surface area contributed by atoms with Crippen LogP contribution in [0.1, 0.15) is 38.5 Å². The van der Waals surface area contributed by atoms with Gasteiger partial charge in [0.1, 0.15) is 4.88 Å². The maximum atomic E-state index is 11.8. The fourth-order valence-electron chi connectivity index (χ4n) is 1.71. The lowest BCUT2D eigenvalue weighted by atomic mass is 10.2. The van der Waals surface area contributed by atoms with Crippen molar-refractivity contribution in [3.05, 3.63) is 17.3 Å². The topological polar surface area (TPSA) is 68.0 Å². The summed E-state index contributed by atoms with van der Waals surface area (Å²) in [6.45, 7) is 4.00.